The van der Waals surface area contributed by atoms with Gasteiger partial charge in [-0.1, -0.05) is 50.2 Å². The molecule has 23 heavy (non-hydrogen) atoms. The molecule has 0 amide bonds. The van der Waals surface area contributed by atoms with Crippen LogP contribution in [-0.4, -0.2) is 18.6 Å². The van der Waals surface area contributed by atoms with E-state index in [-0.39, 0.29) is 17.0 Å². The minimum absolute atomic E-state index is 0.175. The van der Waals surface area contributed by atoms with E-state index in [1.54, 1.807) is 0 Å². The van der Waals surface area contributed by atoms with Gasteiger partial charge in [-0.25, -0.2) is 8.42 Å². The third kappa shape index (κ3) is 3.32. The zero-order chi connectivity index (χ0) is 16.7. The lowest BCUT2D eigenvalue weighted by Gasteiger charge is -2.24. The van der Waals surface area contributed by atoms with Crippen LogP contribution in [0.2, 0.25) is 0 Å². The summed E-state index contributed by atoms with van der Waals surface area (Å²) in [6.45, 7) is 5.86. The fourth-order valence-corrected chi connectivity index (χ4v) is 4.80. The molecule has 0 N–H and O–H groups in total. The van der Waals surface area contributed by atoms with Crippen LogP contribution in [0.3, 0.4) is 0 Å². The molecule has 0 bridgehead atoms. The SMILES string of the molecule is CC(C)(C)c1nc(CS(=O)(=O)C2CCCc3ccccc32)no1. The molecule has 124 valence electrons. The van der Waals surface area contributed by atoms with Crippen LogP contribution in [0.25, 0.3) is 0 Å². The summed E-state index contributed by atoms with van der Waals surface area (Å²) in [6.07, 6.45) is 2.49. The summed E-state index contributed by atoms with van der Waals surface area (Å²) in [7, 11) is -3.37. The topological polar surface area (TPSA) is 73.1 Å². The third-order valence-corrected chi connectivity index (χ3v) is 6.21. The molecule has 0 spiro atoms. The van der Waals surface area contributed by atoms with Gasteiger partial charge >= 0.3 is 0 Å². The number of aryl methyl sites for hydroxylation is 1. The van der Waals surface area contributed by atoms with Crippen LogP contribution >= 0.6 is 0 Å². The maximum Gasteiger partial charge on any atom is 0.232 e. The van der Waals surface area contributed by atoms with E-state index in [1.807, 2.05) is 45.0 Å². The first kappa shape index (κ1) is 16.2. The highest BCUT2D eigenvalue weighted by Gasteiger charge is 2.33. The number of hydrogen-bond acceptors (Lipinski definition) is 5. The van der Waals surface area contributed by atoms with Crippen molar-refractivity contribution in [3.8, 4) is 0 Å². The highest BCUT2D eigenvalue weighted by Crippen LogP contribution is 2.36. The number of rotatable bonds is 3. The molecular weight excluding hydrogens is 312 g/mol. The van der Waals surface area contributed by atoms with E-state index in [0.717, 1.165) is 24.0 Å². The summed E-state index contributed by atoms with van der Waals surface area (Å²) in [6, 6.07) is 7.80. The zero-order valence-electron chi connectivity index (χ0n) is 13.7. The Morgan fingerprint density at radius 3 is 2.70 bits per heavy atom. The molecular formula is C17H22N2O3S. The highest BCUT2D eigenvalue weighted by molar-refractivity contribution is 7.90. The Morgan fingerprint density at radius 2 is 2.00 bits per heavy atom. The molecule has 1 atom stereocenters. The molecule has 1 heterocycles. The Hall–Kier alpha value is -1.69. The van der Waals surface area contributed by atoms with Crippen LogP contribution in [0, 0.1) is 0 Å². The Bertz CT molecular complexity index is 803. The second-order valence-electron chi connectivity index (χ2n) is 7.15. The maximum absolute atomic E-state index is 12.9. The van der Waals surface area contributed by atoms with Crippen molar-refractivity contribution in [1.29, 1.82) is 0 Å². The molecule has 1 unspecified atom stereocenters. The first-order valence-corrected chi connectivity index (χ1v) is 9.61. The highest BCUT2D eigenvalue weighted by atomic mass is 32.2. The van der Waals surface area contributed by atoms with Crippen molar-refractivity contribution >= 4 is 9.84 Å². The summed E-state index contributed by atoms with van der Waals surface area (Å²) in [4.78, 5) is 4.26. The van der Waals surface area contributed by atoms with E-state index >= 15 is 0 Å². The molecule has 5 nitrogen and oxygen atoms in total. The smallest absolute Gasteiger partial charge is 0.232 e. The molecule has 1 aliphatic carbocycles. The van der Waals surface area contributed by atoms with Gasteiger partial charge in [-0.3, -0.25) is 0 Å². The summed E-state index contributed by atoms with van der Waals surface area (Å²) < 4.78 is 30.9. The lowest BCUT2D eigenvalue weighted by Crippen LogP contribution is -2.21. The number of aromatic nitrogens is 2. The maximum atomic E-state index is 12.9. The van der Waals surface area contributed by atoms with E-state index in [2.05, 4.69) is 10.1 Å². The summed E-state index contributed by atoms with van der Waals surface area (Å²) in [5.74, 6) is 0.538. The van der Waals surface area contributed by atoms with Crippen LogP contribution in [0.4, 0.5) is 0 Å². The van der Waals surface area contributed by atoms with Gasteiger partial charge in [0.2, 0.25) is 5.89 Å². The van der Waals surface area contributed by atoms with Crippen molar-refractivity contribution in [1.82, 2.24) is 10.1 Å². The van der Waals surface area contributed by atoms with Gasteiger partial charge in [0.15, 0.2) is 15.7 Å². The Labute approximate surface area is 137 Å². The predicted octanol–water partition coefficient (Wildman–Crippen LogP) is 3.36. The minimum Gasteiger partial charge on any atom is -0.339 e. The molecule has 0 saturated heterocycles. The minimum atomic E-state index is -3.37. The van der Waals surface area contributed by atoms with Gasteiger partial charge in [-0.15, -0.1) is 0 Å². The quantitative estimate of drug-likeness (QED) is 0.860. The standard InChI is InChI=1S/C17H22N2O3S/c1-17(2,3)16-18-15(19-22-16)11-23(20,21)14-10-6-8-12-7-4-5-9-13(12)14/h4-5,7,9,14H,6,8,10-11H2,1-3H3. The molecule has 0 saturated carbocycles. The van der Waals surface area contributed by atoms with Crippen molar-refractivity contribution in [3.63, 3.8) is 0 Å². The zero-order valence-corrected chi connectivity index (χ0v) is 14.6. The van der Waals surface area contributed by atoms with Gasteiger partial charge in [0.05, 0.1) is 5.25 Å². The number of hydrogen-bond donors (Lipinski definition) is 0. The Kier molecular flexibility index (Phi) is 4.04. The average molecular weight is 334 g/mol. The van der Waals surface area contributed by atoms with Gasteiger partial charge in [-0.05, 0) is 30.4 Å². The van der Waals surface area contributed by atoms with E-state index in [9.17, 15) is 8.42 Å². The van der Waals surface area contributed by atoms with Crippen LogP contribution in [0.1, 0.15) is 61.7 Å². The molecule has 0 radical (unpaired) electrons. The number of sulfone groups is 1. The fourth-order valence-electron chi connectivity index (χ4n) is 2.98. The van der Waals surface area contributed by atoms with Crippen molar-refractivity contribution in [3.05, 3.63) is 47.1 Å². The average Bonchev–Trinajstić information content (AvgIpc) is 2.94. The van der Waals surface area contributed by atoms with E-state index in [0.29, 0.717) is 12.3 Å². The number of fused-ring (bicyclic) bond motifs is 1. The third-order valence-electron chi connectivity index (χ3n) is 4.19. The van der Waals surface area contributed by atoms with Crippen LogP contribution in [0.5, 0.6) is 0 Å². The molecule has 1 aromatic heterocycles. The van der Waals surface area contributed by atoms with Crippen molar-refractivity contribution in [2.75, 3.05) is 0 Å². The first-order chi connectivity index (χ1) is 10.8. The lowest BCUT2D eigenvalue weighted by atomic mass is 9.91. The number of benzene rings is 1. The normalized spacial score (nSPS) is 18.7. The summed E-state index contributed by atoms with van der Waals surface area (Å²) in [5, 5.41) is 3.38. The molecule has 1 aromatic carbocycles. The largest absolute Gasteiger partial charge is 0.339 e. The van der Waals surface area contributed by atoms with Gasteiger partial charge < -0.3 is 4.52 Å². The summed E-state index contributed by atoms with van der Waals surface area (Å²) in [5.41, 5.74) is 1.78. The van der Waals surface area contributed by atoms with Gasteiger partial charge in [0, 0.05) is 5.41 Å². The second-order valence-corrected chi connectivity index (χ2v) is 9.34. The van der Waals surface area contributed by atoms with Crippen molar-refractivity contribution in [2.45, 2.75) is 56.5 Å². The van der Waals surface area contributed by atoms with Crippen molar-refractivity contribution in [2.24, 2.45) is 0 Å². The fraction of sp³-hybridized carbons (Fsp3) is 0.529. The molecule has 2 aromatic rings. The first-order valence-electron chi connectivity index (χ1n) is 7.90. The molecule has 0 aliphatic heterocycles. The lowest BCUT2D eigenvalue weighted by molar-refractivity contribution is 0.319. The van der Waals surface area contributed by atoms with Crippen LogP contribution in [-0.2, 0) is 27.4 Å². The second kappa shape index (κ2) is 5.74. The number of nitrogens with zero attached hydrogens (tertiary/aromatic N) is 2. The van der Waals surface area contributed by atoms with E-state index < -0.39 is 15.1 Å². The van der Waals surface area contributed by atoms with Gasteiger partial charge in [0.1, 0.15) is 5.75 Å². The van der Waals surface area contributed by atoms with Crippen LogP contribution in [0.15, 0.2) is 28.8 Å². The Balaban J connectivity index is 1.87. The van der Waals surface area contributed by atoms with Gasteiger partial charge in [0.25, 0.3) is 0 Å². The molecule has 1 aliphatic rings. The molecule has 0 fully saturated rings. The molecule has 6 heteroatoms. The summed E-state index contributed by atoms with van der Waals surface area (Å²) >= 11 is 0. The monoisotopic (exact) mass is 334 g/mol. The van der Waals surface area contributed by atoms with E-state index in [1.165, 1.54) is 0 Å². The van der Waals surface area contributed by atoms with Gasteiger partial charge in [-0.2, -0.15) is 4.98 Å². The predicted molar refractivity (Wildman–Crippen MR) is 87.7 cm³/mol. The molecule has 3 rings (SSSR count). The van der Waals surface area contributed by atoms with E-state index in [4.69, 9.17) is 4.52 Å². The Morgan fingerprint density at radius 1 is 1.26 bits per heavy atom. The van der Waals surface area contributed by atoms with Crippen molar-refractivity contribution < 1.29 is 12.9 Å². The van der Waals surface area contributed by atoms with Crippen LogP contribution < -0.4 is 0 Å².